The van der Waals surface area contributed by atoms with Gasteiger partial charge in [0, 0.05) is 5.92 Å². The third-order valence-corrected chi connectivity index (χ3v) is 5.83. The molecule has 1 unspecified atom stereocenters. The average molecular weight is 284 g/mol. The Morgan fingerprint density at radius 3 is 2.38 bits per heavy atom. The van der Waals surface area contributed by atoms with Crippen molar-refractivity contribution in [1.82, 2.24) is 0 Å². The van der Waals surface area contributed by atoms with Gasteiger partial charge in [-0.05, 0) is 37.2 Å². The Morgan fingerprint density at radius 1 is 1.05 bits per heavy atom. The minimum Gasteiger partial charge on any atom is -0.450 e. The molecule has 0 N–H and O–H groups in total. The van der Waals surface area contributed by atoms with E-state index in [1.165, 1.54) is 0 Å². The lowest BCUT2D eigenvalue weighted by Gasteiger charge is -2.30. The summed E-state index contributed by atoms with van der Waals surface area (Å²) in [4.78, 5) is 25.7. The number of ketones is 1. The predicted octanol–water partition coefficient (Wildman–Crippen LogP) is 3.24. The van der Waals surface area contributed by atoms with Crippen LogP contribution in [-0.2, 0) is 14.3 Å². The first-order valence-electron chi connectivity index (χ1n) is 7.96. The van der Waals surface area contributed by atoms with Gasteiger partial charge < -0.3 is 4.74 Å². The first kappa shape index (κ1) is 13.1. The Bertz CT molecular complexity index is 600. The zero-order valence-corrected chi connectivity index (χ0v) is 12.3. The number of Topliss-reactive ketones (excluding diaryl/α,β-unsaturated/α-hetero) is 1. The van der Waals surface area contributed by atoms with Crippen LogP contribution in [-0.4, -0.2) is 17.4 Å². The van der Waals surface area contributed by atoms with E-state index in [4.69, 9.17) is 4.74 Å². The first-order chi connectivity index (χ1) is 10.1. The normalized spacial score (nSPS) is 37.0. The first-order valence-corrected chi connectivity index (χ1v) is 7.96. The molecule has 3 fully saturated rings. The molecule has 4 rings (SSSR count). The van der Waals surface area contributed by atoms with Gasteiger partial charge in [-0.3, -0.25) is 9.59 Å². The Morgan fingerprint density at radius 2 is 1.71 bits per heavy atom. The SMILES string of the molecule is C[C@H]1[C@H](c2ccccc2)C12C(=O)OC1(CCCCC1)C2=O. The van der Waals surface area contributed by atoms with Gasteiger partial charge in [-0.2, -0.15) is 0 Å². The van der Waals surface area contributed by atoms with Crippen molar-refractivity contribution in [3.05, 3.63) is 35.9 Å². The van der Waals surface area contributed by atoms with E-state index in [0.29, 0.717) is 12.8 Å². The van der Waals surface area contributed by atoms with Crippen LogP contribution >= 0.6 is 0 Å². The van der Waals surface area contributed by atoms with E-state index in [1.54, 1.807) is 0 Å². The van der Waals surface area contributed by atoms with Gasteiger partial charge in [0.2, 0.25) is 0 Å². The van der Waals surface area contributed by atoms with Gasteiger partial charge in [0.1, 0.15) is 5.41 Å². The summed E-state index contributed by atoms with van der Waals surface area (Å²) in [7, 11) is 0. The smallest absolute Gasteiger partial charge is 0.321 e. The zero-order valence-electron chi connectivity index (χ0n) is 12.3. The molecule has 2 saturated carbocycles. The minimum absolute atomic E-state index is 0.00000142. The summed E-state index contributed by atoms with van der Waals surface area (Å²) in [5, 5.41) is 0. The van der Waals surface area contributed by atoms with Crippen molar-refractivity contribution in [3.8, 4) is 0 Å². The summed E-state index contributed by atoms with van der Waals surface area (Å²) >= 11 is 0. The van der Waals surface area contributed by atoms with Crippen LogP contribution in [0.1, 0.15) is 50.5 Å². The van der Waals surface area contributed by atoms with Crippen LogP contribution in [0.2, 0.25) is 0 Å². The van der Waals surface area contributed by atoms with Crippen molar-refractivity contribution in [2.75, 3.05) is 0 Å². The monoisotopic (exact) mass is 284 g/mol. The number of benzene rings is 1. The third kappa shape index (κ3) is 1.49. The third-order valence-electron chi connectivity index (χ3n) is 5.83. The second kappa shape index (κ2) is 4.19. The highest BCUT2D eigenvalue weighted by Crippen LogP contribution is 2.70. The maximum atomic E-state index is 13.1. The molecule has 0 bridgehead atoms. The van der Waals surface area contributed by atoms with E-state index in [1.807, 2.05) is 37.3 Å². The van der Waals surface area contributed by atoms with Gasteiger partial charge in [-0.25, -0.2) is 0 Å². The molecule has 0 aromatic heterocycles. The summed E-state index contributed by atoms with van der Waals surface area (Å²) in [6.45, 7) is 2.01. The fourth-order valence-corrected chi connectivity index (χ4v) is 4.66. The maximum Gasteiger partial charge on any atom is 0.321 e. The number of esters is 1. The van der Waals surface area contributed by atoms with Gasteiger partial charge in [0.25, 0.3) is 0 Å². The molecule has 2 spiro atoms. The highest BCUT2D eigenvalue weighted by Gasteiger charge is 2.80. The van der Waals surface area contributed by atoms with Gasteiger partial charge in [-0.1, -0.05) is 43.7 Å². The molecular weight excluding hydrogens is 264 g/mol. The Labute approximate surface area is 124 Å². The maximum absolute atomic E-state index is 13.1. The second-order valence-electron chi connectivity index (χ2n) is 6.82. The zero-order chi connectivity index (χ0) is 14.7. The number of hydrogen-bond donors (Lipinski definition) is 0. The summed E-state index contributed by atoms with van der Waals surface area (Å²) in [5.74, 6) is -0.141. The van der Waals surface area contributed by atoms with E-state index in [-0.39, 0.29) is 23.6 Å². The van der Waals surface area contributed by atoms with Crippen LogP contribution in [0.5, 0.6) is 0 Å². The molecule has 1 aromatic carbocycles. The summed E-state index contributed by atoms with van der Waals surface area (Å²) < 4.78 is 5.71. The molecule has 3 heteroatoms. The average Bonchev–Trinajstić information content (AvgIpc) is 3.09. The Kier molecular flexibility index (Phi) is 2.60. The molecule has 2 aliphatic carbocycles. The van der Waals surface area contributed by atoms with Gasteiger partial charge in [0.15, 0.2) is 11.4 Å². The van der Waals surface area contributed by atoms with Crippen molar-refractivity contribution < 1.29 is 14.3 Å². The lowest BCUT2D eigenvalue weighted by atomic mass is 9.77. The lowest BCUT2D eigenvalue weighted by molar-refractivity contribution is -0.155. The molecule has 21 heavy (non-hydrogen) atoms. The van der Waals surface area contributed by atoms with Crippen LogP contribution in [0.4, 0.5) is 0 Å². The van der Waals surface area contributed by atoms with Crippen molar-refractivity contribution in [3.63, 3.8) is 0 Å². The second-order valence-corrected chi connectivity index (χ2v) is 6.82. The molecule has 0 radical (unpaired) electrons. The van der Waals surface area contributed by atoms with E-state index < -0.39 is 11.0 Å². The molecule has 3 nitrogen and oxygen atoms in total. The van der Waals surface area contributed by atoms with Crippen molar-refractivity contribution >= 4 is 11.8 Å². The van der Waals surface area contributed by atoms with Crippen LogP contribution in [0.3, 0.4) is 0 Å². The van der Waals surface area contributed by atoms with E-state index in [2.05, 4.69) is 0 Å². The number of ether oxygens (including phenoxy) is 1. The molecule has 3 aliphatic rings. The summed E-state index contributed by atoms with van der Waals surface area (Å²) in [5.41, 5.74) is -0.602. The van der Waals surface area contributed by atoms with Crippen LogP contribution in [0.15, 0.2) is 30.3 Å². The number of hydrogen-bond acceptors (Lipinski definition) is 3. The Balaban J connectivity index is 1.73. The topological polar surface area (TPSA) is 43.4 Å². The lowest BCUT2D eigenvalue weighted by Crippen LogP contribution is -2.40. The van der Waals surface area contributed by atoms with Crippen LogP contribution in [0, 0.1) is 11.3 Å². The van der Waals surface area contributed by atoms with E-state index in [0.717, 1.165) is 24.8 Å². The Hall–Kier alpha value is -1.64. The van der Waals surface area contributed by atoms with Crippen LogP contribution < -0.4 is 0 Å². The quantitative estimate of drug-likeness (QED) is 0.587. The standard InChI is InChI=1S/C18H20O3/c1-12-14(13-8-4-2-5-9-13)18(12)15(19)17(21-16(18)20)10-6-3-7-11-17/h2,4-5,8-9,12,14H,3,6-7,10-11H2,1H3/t12-,14+,18?/m0/s1. The molecule has 3 atom stereocenters. The highest BCUT2D eigenvalue weighted by atomic mass is 16.6. The van der Waals surface area contributed by atoms with E-state index >= 15 is 0 Å². The molecule has 1 aromatic rings. The molecule has 1 heterocycles. The number of carbonyl (C=O) groups is 2. The minimum atomic E-state index is -0.890. The number of carbonyl (C=O) groups excluding carboxylic acids is 2. The van der Waals surface area contributed by atoms with Crippen molar-refractivity contribution in [1.29, 1.82) is 0 Å². The molecule has 110 valence electrons. The molecule has 1 aliphatic heterocycles. The number of rotatable bonds is 1. The summed E-state index contributed by atoms with van der Waals surface area (Å²) in [6, 6.07) is 9.93. The van der Waals surface area contributed by atoms with E-state index in [9.17, 15) is 9.59 Å². The van der Waals surface area contributed by atoms with Crippen LogP contribution in [0.25, 0.3) is 0 Å². The van der Waals surface area contributed by atoms with Crippen molar-refractivity contribution in [2.24, 2.45) is 11.3 Å². The highest BCUT2D eigenvalue weighted by molar-refractivity contribution is 6.17. The molecule has 0 amide bonds. The van der Waals surface area contributed by atoms with Gasteiger partial charge >= 0.3 is 5.97 Å². The fourth-order valence-electron chi connectivity index (χ4n) is 4.66. The fraction of sp³-hybridized carbons (Fsp3) is 0.556. The molecule has 1 saturated heterocycles. The molecular formula is C18H20O3. The van der Waals surface area contributed by atoms with Gasteiger partial charge in [-0.15, -0.1) is 0 Å². The summed E-state index contributed by atoms with van der Waals surface area (Å²) in [6.07, 6.45) is 4.54. The van der Waals surface area contributed by atoms with Gasteiger partial charge in [0.05, 0.1) is 0 Å². The van der Waals surface area contributed by atoms with Crippen molar-refractivity contribution in [2.45, 2.75) is 50.5 Å². The predicted molar refractivity (Wildman–Crippen MR) is 77.7 cm³/mol. The largest absolute Gasteiger partial charge is 0.450 e.